The molecule has 2 rings (SSSR count). The number of hydrogen-bond acceptors (Lipinski definition) is 4. The van der Waals surface area contributed by atoms with E-state index in [1.54, 1.807) is 0 Å². The molecule has 0 saturated carbocycles. The summed E-state index contributed by atoms with van der Waals surface area (Å²) in [5, 5.41) is 0. The number of carbonyl (C=O) groups excluding carboxylic acids is 1. The lowest BCUT2D eigenvalue weighted by Crippen LogP contribution is -2.06. The van der Waals surface area contributed by atoms with Gasteiger partial charge in [-0.3, -0.25) is 4.79 Å². The SMILES string of the molecule is COC(=O)CC1=NSc2ccccc2C=C1. The van der Waals surface area contributed by atoms with Crippen LogP contribution in [0.3, 0.4) is 0 Å². The molecular formula is C12H11NO2S. The average Bonchev–Trinajstić information content (AvgIpc) is 2.52. The van der Waals surface area contributed by atoms with Gasteiger partial charge < -0.3 is 4.74 Å². The quantitative estimate of drug-likeness (QED) is 0.582. The molecule has 0 atom stereocenters. The Labute approximate surface area is 98.4 Å². The van der Waals surface area contributed by atoms with Crippen molar-refractivity contribution < 1.29 is 9.53 Å². The third kappa shape index (κ3) is 2.52. The second-order valence-electron chi connectivity index (χ2n) is 3.30. The van der Waals surface area contributed by atoms with Crippen LogP contribution in [0, 0.1) is 0 Å². The second-order valence-corrected chi connectivity index (χ2v) is 4.10. The van der Waals surface area contributed by atoms with E-state index in [-0.39, 0.29) is 12.4 Å². The van der Waals surface area contributed by atoms with Gasteiger partial charge in [-0.15, -0.1) is 0 Å². The highest BCUT2D eigenvalue weighted by Gasteiger charge is 2.09. The molecule has 0 spiro atoms. The van der Waals surface area contributed by atoms with E-state index in [1.165, 1.54) is 19.1 Å². The van der Waals surface area contributed by atoms with E-state index in [2.05, 4.69) is 9.13 Å². The van der Waals surface area contributed by atoms with Crippen molar-refractivity contribution in [1.29, 1.82) is 0 Å². The van der Waals surface area contributed by atoms with Gasteiger partial charge >= 0.3 is 5.97 Å². The third-order valence-corrected chi connectivity index (χ3v) is 3.08. The summed E-state index contributed by atoms with van der Waals surface area (Å²) in [6.07, 6.45) is 4.04. The Morgan fingerprint density at radius 1 is 1.38 bits per heavy atom. The predicted molar refractivity (Wildman–Crippen MR) is 65.4 cm³/mol. The first-order chi connectivity index (χ1) is 7.79. The topological polar surface area (TPSA) is 38.7 Å². The Balaban J connectivity index is 2.18. The molecule has 0 saturated heterocycles. The molecule has 1 aliphatic rings. The van der Waals surface area contributed by atoms with Gasteiger partial charge in [-0.05, 0) is 17.7 Å². The molecule has 0 N–H and O–H groups in total. The largest absolute Gasteiger partial charge is 0.469 e. The van der Waals surface area contributed by atoms with E-state index in [0.29, 0.717) is 0 Å². The number of benzene rings is 1. The molecule has 0 radical (unpaired) electrons. The van der Waals surface area contributed by atoms with Crippen LogP contribution >= 0.6 is 11.9 Å². The summed E-state index contributed by atoms with van der Waals surface area (Å²) in [6.45, 7) is 0. The number of rotatable bonds is 2. The van der Waals surface area contributed by atoms with E-state index in [0.717, 1.165) is 16.2 Å². The van der Waals surface area contributed by atoms with Crippen molar-refractivity contribution in [2.75, 3.05) is 7.11 Å². The molecule has 0 amide bonds. The van der Waals surface area contributed by atoms with Crippen molar-refractivity contribution in [2.45, 2.75) is 11.3 Å². The Morgan fingerprint density at radius 2 is 2.19 bits per heavy atom. The van der Waals surface area contributed by atoms with Gasteiger partial charge in [0.1, 0.15) is 0 Å². The monoisotopic (exact) mass is 233 g/mol. The van der Waals surface area contributed by atoms with Crippen molar-refractivity contribution in [3.63, 3.8) is 0 Å². The molecule has 16 heavy (non-hydrogen) atoms. The van der Waals surface area contributed by atoms with E-state index in [9.17, 15) is 4.79 Å². The van der Waals surface area contributed by atoms with Crippen LogP contribution in [-0.4, -0.2) is 18.8 Å². The molecule has 1 aromatic rings. The molecule has 0 aliphatic carbocycles. The minimum absolute atomic E-state index is 0.216. The van der Waals surface area contributed by atoms with Gasteiger partial charge in [-0.1, -0.05) is 24.3 Å². The molecule has 3 nitrogen and oxygen atoms in total. The molecule has 0 bridgehead atoms. The number of carbonyl (C=O) groups is 1. The molecule has 4 heteroatoms. The number of fused-ring (bicyclic) bond motifs is 1. The van der Waals surface area contributed by atoms with Gasteiger partial charge in [0.25, 0.3) is 0 Å². The number of esters is 1. The smallest absolute Gasteiger partial charge is 0.311 e. The minimum atomic E-state index is -0.269. The zero-order valence-electron chi connectivity index (χ0n) is 8.84. The molecule has 1 aliphatic heterocycles. The summed E-state index contributed by atoms with van der Waals surface area (Å²) < 4.78 is 8.91. The Hall–Kier alpha value is -1.55. The summed E-state index contributed by atoms with van der Waals surface area (Å²) in [6, 6.07) is 7.99. The Kier molecular flexibility index (Phi) is 3.41. The van der Waals surface area contributed by atoms with Gasteiger partial charge in [-0.2, -0.15) is 0 Å². The van der Waals surface area contributed by atoms with Gasteiger partial charge in [0.05, 0.1) is 19.2 Å². The molecule has 1 aromatic carbocycles. The van der Waals surface area contributed by atoms with Crippen LogP contribution in [0.1, 0.15) is 12.0 Å². The highest BCUT2D eigenvalue weighted by molar-refractivity contribution is 7.98. The van der Waals surface area contributed by atoms with Crippen LogP contribution in [0.15, 0.2) is 39.6 Å². The van der Waals surface area contributed by atoms with E-state index in [1.807, 2.05) is 36.4 Å². The maximum absolute atomic E-state index is 11.1. The van der Waals surface area contributed by atoms with Crippen LogP contribution < -0.4 is 0 Å². The first-order valence-corrected chi connectivity index (χ1v) is 5.65. The van der Waals surface area contributed by atoms with Gasteiger partial charge in [0.2, 0.25) is 0 Å². The van der Waals surface area contributed by atoms with Crippen LogP contribution in [0.4, 0.5) is 0 Å². The lowest BCUT2D eigenvalue weighted by Gasteiger charge is -1.98. The lowest BCUT2D eigenvalue weighted by atomic mass is 10.1. The van der Waals surface area contributed by atoms with Gasteiger partial charge in [0.15, 0.2) is 0 Å². The van der Waals surface area contributed by atoms with Crippen molar-refractivity contribution >= 4 is 29.7 Å². The lowest BCUT2D eigenvalue weighted by molar-refractivity contribution is -0.139. The number of nitrogens with zero attached hydrogens (tertiary/aromatic N) is 1. The molecular weight excluding hydrogens is 222 g/mol. The summed E-state index contributed by atoms with van der Waals surface area (Å²) in [5.74, 6) is -0.269. The number of hydrogen-bond donors (Lipinski definition) is 0. The maximum Gasteiger partial charge on any atom is 0.311 e. The third-order valence-electron chi connectivity index (χ3n) is 2.19. The van der Waals surface area contributed by atoms with Crippen molar-refractivity contribution in [3.05, 3.63) is 35.9 Å². The van der Waals surface area contributed by atoms with Crippen molar-refractivity contribution in [3.8, 4) is 0 Å². The fraction of sp³-hybridized carbons (Fsp3) is 0.167. The summed E-state index contributed by atoms with van der Waals surface area (Å²) in [7, 11) is 1.38. The van der Waals surface area contributed by atoms with Crippen molar-refractivity contribution in [2.24, 2.45) is 4.40 Å². The van der Waals surface area contributed by atoms with Gasteiger partial charge in [-0.25, -0.2) is 4.40 Å². The fourth-order valence-corrected chi connectivity index (χ4v) is 2.06. The number of allylic oxidation sites excluding steroid dienone is 1. The Bertz CT molecular complexity index is 466. The molecule has 0 fully saturated rings. The maximum atomic E-state index is 11.1. The fourth-order valence-electron chi connectivity index (χ4n) is 1.34. The highest BCUT2D eigenvalue weighted by atomic mass is 32.2. The first-order valence-electron chi connectivity index (χ1n) is 4.87. The van der Waals surface area contributed by atoms with E-state index >= 15 is 0 Å². The number of ether oxygens (including phenoxy) is 1. The minimum Gasteiger partial charge on any atom is -0.469 e. The predicted octanol–water partition coefficient (Wildman–Crippen LogP) is 2.72. The molecule has 0 aromatic heterocycles. The molecule has 1 heterocycles. The summed E-state index contributed by atoms with van der Waals surface area (Å²) in [5.41, 5.74) is 1.85. The van der Waals surface area contributed by atoms with Crippen LogP contribution in [-0.2, 0) is 9.53 Å². The van der Waals surface area contributed by atoms with E-state index in [4.69, 9.17) is 0 Å². The van der Waals surface area contributed by atoms with Crippen molar-refractivity contribution in [1.82, 2.24) is 0 Å². The zero-order valence-corrected chi connectivity index (χ0v) is 9.66. The second kappa shape index (κ2) is 4.99. The molecule has 0 unspecified atom stereocenters. The van der Waals surface area contributed by atoms with Crippen LogP contribution in [0.25, 0.3) is 6.08 Å². The average molecular weight is 233 g/mol. The van der Waals surface area contributed by atoms with E-state index < -0.39 is 0 Å². The first kappa shape index (κ1) is 11.0. The zero-order chi connectivity index (χ0) is 11.4. The standard InChI is InChI=1S/C12H11NO2S/c1-15-12(14)8-10-7-6-9-4-2-3-5-11(9)16-13-10/h2-7H,8H2,1H3. The highest BCUT2D eigenvalue weighted by Crippen LogP contribution is 2.27. The van der Waals surface area contributed by atoms with Gasteiger partial charge in [0, 0.05) is 16.8 Å². The van der Waals surface area contributed by atoms with Crippen LogP contribution in [0.2, 0.25) is 0 Å². The number of methoxy groups -OCH3 is 1. The molecule has 82 valence electrons. The Morgan fingerprint density at radius 3 is 3.00 bits per heavy atom. The summed E-state index contributed by atoms with van der Waals surface area (Å²) in [4.78, 5) is 12.2. The van der Waals surface area contributed by atoms with Crippen LogP contribution in [0.5, 0.6) is 0 Å². The summed E-state index contributed by atoms with van der Waals surface area (Å²) >= 11 is 1.39. The normalized spacial score (nSPS) is 13.7.